The SMILES string of the molecule is CCCCCCCC1(CCCCCCC)C2=C(CCC(c3ccc4c(c3)C(C)(C)c3cc(-c5ccc(-c6cc7c(c8c6oc6ccccc68)-c6ccc(N(c8ccc9c(c8)C(C)(C)c8c%10c(c%11oc%12ccccc%12c%11c8-9)-c8ccccc8C%10(C)C)c8nc(-c9ccccc9)nc(-c9ccccc9)n8)cc6C7(CCCCCCC)CCCCCCC)cc5)ccc3-4)=C2)c2ccccc21. The van der Waals surface area contributed by atoms with E-state index in [1.165, 1.54) is 256 Å². The Morgan fingerprint density at radius 2 is 0.735 bits per heavy atom. The van der Waals surface area contributed by atoms with Crippen molar-refractivity contribution < 1.29 is 8.83 Å². The van der Waals surface area contributed by atoms with Gasteiger partial charge in [0, 0.05) is 82.2 Å². The Labute approximate surface area is 782 Å². The van der Waals surface area contributed by atoms with Gasteiger partial charge in [-0.2, -0.15) is 9.97 Å². The number of allylic oxidation sites excluding steroid dienone is 4. The second-order valence-electron chi connectivity index (χ2n) is 41.2. The number of nitrogens with zero attached hydrogens (tertiary/aromatic N) is 4. The minimum atomic E-state index is -0.472. The summed E-state index contributed by atoms with van der Waals surface area (Å²) in [5, 5.41) is 4.68. The summed E-state index contributed by atoms with van der Waals surface area (Å²) >= 11 is 0. The Kier molecular flexibility index (Phi) is 22.2. The first kappa shape index (κ1) is 85.2. The average molecular weight is 1730 g/mol. The molecule has 22 rings (SSSR count). The Bertz CT molecular complexity index is 7150. The standard InChI is InChI=1S/C126H126N4O2/c1-11-15-19-23-41-71-125(72-42-24-20-16-12-2)101-54-38-33-49-90(101)93-68-63-87(77-105(93)125)86-62-67-92-91-66-61-85(75-102(91)122(5,6)103(92)76-86)81-57-59-82(60-58-81)99-80-107-110(112-97-51-35-39-55-108(97)131-117(99)112)96-70-65-89(79-106(96)126(107,73-43-25-21-17-13-3)74-44-26-22-18-14-4)130(121-128-119(83-45-29-27-30-46-83)127-120(129-121)84-47-31-28-32-48-84)88-64-69-95-104(78-88)124(9,10)115-111(95)113-98-52-36-40-56-109(98)132-118(113)114-94-50-34-37-53-100(94)123(7,8)116(114)115/h27-40,45-62,64-67,69-70,75-80H,11-26,41-44,63,68,71-74H2,1-10H3. The van der Waals surface area contributed by atoms with Gasteiger partial charge in [-0.1, -0.05) is 410 Å². The van der Waals surface area contributed by atoms with Gasteiger partial charge in [0.15, 0.2) is 11.6 Å². The van der Waals surface area contributed by atoms with E-state index >= 15 is 0 Å². The van der Waals surface area contributed by atoms with Gasteiger partial charge in [-0.15, -0.1) is 0 Å². The molecule has 662 valence electrons. The minimum absolute atomic E-state index is 0.0790. The first-order valence-corrected chi connectivity index (χ1v) is 50.6. The molecule has 0 spiro atoms. The third-order valence-corrected chi connectivity index (χ3v) is 32.2. The van der Waals surface area contributed by atoms with Gasteiger partial charge in [-0.25, -0.2) is 4.98 Å². The number of rotatable bonds is 32. The summed E-state index contributed by atoms with van der Waals surface area (Å²) in [5.74, 6) is 1.79. The zero-order valence-electron chi connectivity index (χ0n) is 79.4. The fourth-order valence-corrected chi connectivity index (χ4v) is 25.5. The molecule has 16 aromatic rings. The molecule has 13 aromatic carbocycles. The highest BCUT2D eigenvalue weighted by molar-refractivity contribution is 6.22. The first-order chi connectivity index (χ1) is 64.6. The van der Waals surface area contributed by atoms with Crippen molar-refractivity contribution in [2.45, 2.75) is 263 Å². The predicted octanol–water partition coefficient (Wildman–Crippen LogP) is 36.3. The van der Waals surface area contributed by atoms with Gasteiger partial charge in [0.05, 0.1) is 0 Å². The van der Waals surface area contributed by atoms with Crippen molar-refractivity contribution in [3.8, 4) is 89.5 Å². The van der Waals surface area contributed by atoms with Crippen LogP contribution in [-0.4, -0.2) is 15.0 Å². The van der Waals surface area contributed by atoms with Crippen molar-refractivity contribution in [1.82, 2.24) is 15.0 Å². The molecule has 6 heteroatoms. The molecule has 0 N–H and O–H groups in total. The number of furan rings is 2. The number of benzene rings is 13. The summed E-state index contributed by atoms with van der Waals surface area (Å²) in [6, 6.07) is 99.1. The fourth-order valence-electron chi connectivity index (χ4n) is 25.5. The van der Waals surface area contributed by atoms with Crippen LogP contribution in [0.5, 0.6) is 0 Å². The van der Waals surface area contributed by atoms with Crippen LogP contribution in [-0.2, 0) is 27.1 Å². The van der Waals surface area contributed by atoms with Gasteiger partial charge in [0.25, 0.3) is 0 Å². The van der Waals surface area contributed by atoms with Crippen molar-refractivity contribution >= 4 is 72.3 Å². The second-order valence-corrected chi connectivity index (χ2v) is 41.2. The molecule has 3 aromatic heterocycles. The highest BCUT2D eigenvalue weighted by Crippen LogP contribution is 2.66. The summed E-state index contributed by atoms with van der Waals surface area (Å²) in [6.45, 7) is 24.1. The number of aromatic nitrogens is 3. The van der Waals surface area contributed by atoms with Crippen LogP contribution in [0.15, 0.2) is 281 Å². The molecule has 0 atom stereocenters. The quantitative estimate of drug-likeness (QED) is 0.0391. The molecule has 6 aliphatic carbocycles. The number of fused-ring (bicyclic) bond motifs is 24. The van der Waals surface area contributed by atoms with Crippen molar-refractivity contribution in [2.24, 2.45) is 0 Å². The van der Waals surface area contributed by atoms with E-state index in [-0.39, 0.29) is 21.7 Å². The van der Waals surface area contributed by atoms with E-state index in [1.807, 2.05) is 0 Å². The largest absolute Gasteiger partial charge is 0.455 e. The van der Waals surface area contributed by atoms with Crippen LogP contribution in [0.4, 0.5) is 17.3 Å². The molecule has 0 unspecified atom stereocenters. The van der Waals surface area contributed by atoms with Crippen LogP contribution in [0.1, 0.15) is 297 Å². The number of hydrogen-bond donors (Lipinski definition) is 0. The maximum atomic E-state index is 7.45. The molecular formula is C126H126N4O2. The van der Waals surface area contributed by atoms with E-state index in [4.69, 9.17) is 23.8 Å². The van der Waals surface area contributed by atoms with Gasteiger partial charge in [0.2, 0.25) is 5.95 Å². The first-order valence-electron chi connectivity index (χ1n) is 50.6. The second kappa shape index (κ2) is 34.4. The maximum absolute atomic E-state index is 7.45. The summed E-state index contributed by atoms with van der Waals surface area (Å²) < 4.78 is 14.7. The lowest BCUT2D eigenvalue weighted by Gasteiger charge is -2.35. The summed E-state index contributed by atoms with van der Waals surface area (Å²) in [7, 11) is 0. The predicted molar refractivity (Wildman–Crippen MR) is 555 cm³/mol. The molecule has 0 saturated carbocycles. The van der Waals surface area contributed by atoms with Crippen LogP contribution < -0.4 is 4.90 Å². The normalized spacial score (nSPS) is 15.6. The van der Waals surface area contributed by atoms with Crippen LogP contribution in [0.2, 0.25) is 0 Å². The smallest absolute Gasteiger partial charge is 0.238 e. The fraction of sp³-hybridized carbons (Fsp3) is 0.325. The topological polar surface area (TPSA) is 68.2 Å². The highest BCUT2D eigenvalue weighted by Gasteiger charge is 2.51. The van der Waals surface area contributed by atoms with E-state index < -0.39 is 5.41 Å². The monoisotopic (exact) mass is 1730 g/mol. The lowest BCUT2D eigenvalue weighted by Crippen LogP contribution is -2.27. The zero-order chi connectivity index (χ0) is 89.8. The molecule has 3 heterocycles. The van der Waals surface area contributed by atoms with Gasteiger partial charge in [-0.05, 0) is 227 Å². The lowest BCUT2D eigenvalue weighted by atomic mass is 9.68. The van der Waals surface area contributed by atoms with Gasteiger partial charge < -0.3 is 8.83 Å². The number of unbranched alkanes of at least 4 members (excludes halogenated alkanes) is 16. The summed E-state index contributed by atoms with van der Waals surface area (Å²) in [4.78, 5) is 19.2. The minimum Gasteiger partial charge on any atom is -0.455 e. The highest BCUT2D eigenvalue weighted by atomic mass is 16.3. The molecule has 0 saturated heterocycles. The third-order valence-electron chi connectivity index (χ3n) is 32.2. The Morgan fingerprint density at radius 1 is 0.295 bits per heavy atom. The van der Waals surface area contributed by atoms with E-state index in [2.05, 4.69) is 341 Å². The molecular weight excluding hydrogens is 1600 g/mol. The van der Waals surface area contributed by atoms with Gasteiger partial charge in [0.1, 0.15) is 22.3 Å². The molecule has 0 radical (unpaired) electrons. The van der Waals surface area contributed by atoms with Crippen molar-refractivity contribution in [2.75, 3.05) is 4.90 Å². The van der Waals surface area contributed by atoms with Crippen molar-refractivity contribution in [1.29, 1.82) is 0 Å². The molecule has 0 amide bonds. The van der Waals surface area contributed by atoms with E-state index in [0.717, 1.165) is 105 Å². The van der Waals surface area contributed by atoms with Gasteiger partial charge in [-0.3, -0.25) is 4.90 Å². The van der Waals surface area contributed by atoms with Gasteiger partial charge >= 0.3 is 0 Å². The molecule has 6 nitrogen and oxygen atoms in total. The van der Waals surface area contributed by atoms with E-state index in [1.54, 1.807) is 16.7 Å². The summed E-state index contributed by atoms with van der Waals surface area (Å²) in [6.07, 6.45) is 34.3. The van der Waals surface area contributed by atoms with Crippen LogP contribution in [0.3, 0.4) is 0 Å². The number of anilines is 3. The molecule has 6 aliphatic rings. The Morgan fingerprint density at radius 3 is 1.33 bits per heavy atom. The third kappa shape index (κ3) is 14.0. The van der Waals surface area contributed by atoms with E-state index in [0.29, 0.717) is 17.6 Å². The number of para-hydroxylation sites is 2. The zero-order valence-corrected chi connectivity index (χ0v) is 79.4. The van der Waals surface area contributed by atoms with Crippen molar-refractivity contribution in [3.63, 3.8) is 0 Å². The Hall–Kier alpha value is -12.3. The molecule has 132 heavy (non-hydrogen) atoms. The molecule has 0 aliphatic heterocycles. The van der Waals surface area contributed by atoms with Crippen LogP contribution >= 0.6 is 0 Å². The van der Waals surface area contributed by atoms with E-state index in [9.17, 15) is 0 Å². The lowest BCUT2D eigenvalue weighted by molar-refractivity contribution is 0.396. The average Bonchev–Trinajstić information content (AvgIpc) is 1.50. The summed E-state index contributed by atoms with van der Waals surface area (Å²) in [5.41, 5.74) is 41.6. The molecule has 0 bridgehead atoms. The van der Waals surface area contributed by atoms with Crippen LogP contribution in [0.25, 0.3) is 145 Å². The maximum Gasteiger partial charge on any atom is 0.238 e. The van der Waals surface area contributed by atoms with Crippen LogP contribution in [0, 0.1) is 0 Å². The van der Waals surface area contributed by atoms with Crippen molar-refractivity contribution in [3.05, 3.63) is 334 Å². The number of hydrogen-bond acceptors (Lipinski definition) is 6. The molecule has 0 fully saturated rings. The Balaban J connectivity index is 0.669.